The van der Waals surface area contributed by atoms with Crippen molar-refractivity contribution >= 4 is 5.95 Å². The summed E-state index contributed by atoms with van der Waals surface area (Å²) >= 11 is 0. The fourth-order valence-electron chi connectivity index (χ4n) is 3.76. The largest absolute Gasteiger partial charge is 0.396 e. The number of anilines is 1. The second kappa shape index (κ2) is 7.33. The summed E-state index contributed by atoms with van der Waals surface area (Å²) in [5, 5.41) is 9.81. The molecule has 1 unspecified atom stereocenters. The van der Waals surface area contributed by atoms with Gasteiger partial charge in [-0.1, -0.05) is 13.8 Å². The van der Waals surface area contributed by atoms with E-state index in [-0.39, 0.29) is 12.0 Å². The molecular weight excluding hydrogens is 302 g/mol. The molecule has 0 spiro atoms. The van der Waals surface area contributed by atoms with E-state index in [1.54, 1.807) is 0 Å². The molecule has 0 radical (unpaired) electrons. The van der Waals surface area contributed by atoms with Gasteiger partial charge in [0.05, 0.1) is 6.61 Å². The van der Waals surface area contributed by atoms with Crippen LogP contribution < -0.4 is 4.90 Å². The van der Waals surface area contributed by atoms with Gasteiger partial charge in [-0.05, 0) is 25.9 Å². The van der Waals surface area contributed by atoms with Gasteiger partial charge in [0.15, 0.2) is 0 Å². The molecule has 24 heavy (non-hydrogen) atoms. The van der Waals surface area contributed by atoms with Gasteiger partial charge in [-0.15, -0.1) is 0 Å². The lowest BCUT2D eigenvalue weighted by Gasteiger charge is -2.32. The van der Waals surface area contributed by atoms with Crippen LogP contribution in [-0.4, -0.2) is 77.8 Å². The average Bonchev–Trinajstić information content (AvgIpc) is 3.01. The Balaban J connectivity index is 1.57. The zero-order valence-electron chi connectivity index (χ0n) is 15.3. The molecule has 1 N–H and O–H groups in total. The van der Waals surface area contributed by atoms with E-state index >= 15 is 0 Å². The summed E-state index contributed by atoms with van der Waals surface area (Å²) in [7, 11) is 2.15. The molecule has 2 aliphatic rings. The molecule has 0 bridgehead atoms. The van der Waals surface area contributed by atoms with Gasteiger partial charge in [0.1, 0.15) is 0 Å². The highest BCUT2D eigenvalue weighted by Crippen LogP contribution is 2.37. The van der Waals surface area contributed by atoms with Crippen molar-refractivity contribution in [3.63, 3.8) is 0 Å². The molecule has 0 aliphatic carbocycles. The fourth-order valence-corrected chi connectivity index (χ4v) is 3.76. The normalized spacial score (nSPS) is 26.5. The molecule has 134 valence electrons. The van der Waals surface area contributed by atoms with Gasteiger partial charge < -0.3 is 14.9 Å². The number of likely N-dealkylation sites (N-methyl/N-ethyl adjacent to an activating group) is 1. The predicted molar refractivity (Wildman–Crippen MR) is 96.0 cm³/mol. The molecule has 2 saturated heterocycles. The highest BCUT2D eigenvalue weighted by atomic mass is 16.3. The van der Waals surface area contributed by atoms with E-state index in [0.717, 1.165) is 63.7 Å². The standard InChI is InChI=1S/C18H31N5O/c1-15(2)18(14-24)4-5-22(13-18)12-16-10-19-17(20-11-16)23-8-6-21(3)7-9-23/h10-11,15,24H,4-9,12-14H2,1-3H3. The number of likely N-dealkylation sites (tertiary alicyclic amines) is 1. The van der Waals surface area contributed by atoms with Gasteiger partial charge >= 0.3 is 0 Å². The summed E-state index contributed by atoms with van der Waals surface area (Å²) in [5.74, 6) is 1.35. The van der Waals surface area contributed by atoms with Crippen molar-refractivity contribution in [1.82, 2.24) is 19.8 Å². The quantitative estimate of drug-likeness (QED) is 0.870. The Morgan fingerprint density at radius 1 is 1.12 bits per heavy atom. The van der Waals surface area contributed by atoms with E-state index in [2.05, 4.69) is 45.6 Å². The first-order valence-corrected chi connectivity index (χ1v) is 9.10. The van der Waals surface area contributed by atoms with Crippen LogP contribution in [0, 0.1) is 11.3 Å². The van der Waals surface area contributed by atoms with E-state index in [9.17, 15) is 5.11 Å². The first-order valence-electron chi connectivity index (χ1n) is 9.10. The fraction of sp³-hybridized carbons (Fsp3) is 0.778. The highest BCUT2D eigenvalue weighted by molar-refractivity contribution is 5.30. The minimum atomic E-state index is 0.0562. The maximum absolute atomic E-state index is 9.81. The Kier molecular flexibility index (Phi) is 5.37. The Morgan fingerprint density at radius 2 is 1.79 bits per heavy atom. The zero-order valence-corrected chi connectivity index (χ0v) is 15.3. The van der Waals surface area contributed by atoms with E-state index < -0.39 is 0 Å². The van der Waals surface area contributed by atoms with Crippen molar-refractivity contribution in [2.75, 3.05) is 57.8 Å². The summed E-state index contributed by atoms with van der Waals surface area (Å²) in [6.07, 6.45) is 5.01. The summed E-state index contributed by atoms with van der Waals surface area (Å²) in [6.45, 7) is 11.7. The van der Waals surface area contributed by atoms with Crippen molar-refractivity contribution in [2.45, 2.75) is 26.8 Å². The van der Waals surface area contributed by atoms with Crippen LogP contribution in [0.3, 0.4) is 0 Å². The Bertz CT molecular complexity index is 527. The minimum absolute atomic E-state index is 0.0562. The lowest BCUT2D eigenvalue weighted by molar-refractivity contribution is 0.0820. The van der Waals surface area contributed by atoms with Gasteiger partial charge in [-0.25, -0.2) is 9.97 Å². The lowest BCUT2D eigenvalue weighted by Crippen LogP contribution is -2.45. The first-order chi connectivity index (χ1) is 11.5. The molecule has 2 fully saturated rings. The van der Waals surface area contributed by atoms with E-state index in [1.807, 2.05) is 12.4 Å². The summed E-state index contributed by atoms with van der Waals surface area (Å²) in [4.78, 5) is 16.2. The van der Waals surface area contributed by atoms with Crippen molar-refractivity contribution in [3.05, 3.63) is 18.0 Å². The second-order valence-electron chi connectivity index (χ2n) is 7.82. The SMILES string of the molecule is CC(C)C1(CO)CCN(Cc2cnc(N3CCN(C)CC3)nc2)C1. The van der Waals surface area contributed by atoms with Gasteiger partial charge in [-0.2, -0.15) is 0 Å². The van der Waals surface area contributed by atoms with Crippen LogP contribution in [-0.2, 0) is 6.54 Å². The average molecular weight is 333 g/mol. The van der Waals surface area contributed by atoms with Gasteiger partial charge in [0.2, 0.25) is 5.95 Å². The maximum atomic E-state index is 9.81. The predicted octanol–water partition coefficient (Wildman–Crippen LogP) is 1.07. The number of aliphatic hydroxyl groups is 1. The molecule has 0 amide bonds. The maximum Gasteiger partial charge on any atom is 0.225 e. The summed E-state index contributed by atoms with van der Waals surface area (Å²) < 4.78 is 0. The van der Waals surface area contributed by atoms with Crippen molar-refractivity contribution in [3.8, 4) is 0 Å². The molecule has 1 aromatic heterocycles. The molecule has 2 aliphatic heterocycles. The number of aliphatic hydroxyl groups excluding tert-OH is 1. The van der Waals surface area contributed by atoms with Crippen molar-refractivity contribution in [1.29, 1.82) is 0 Å². The van der Waals surface area contributed by atoms with Crippen LogP contribution in [0.15, 0.2) is 12.4 Å². The third-order valence-electron chi connectivity index (χ3n) is 5.89. The molecule has 3 heterocycles. The van der Waals surface area contributed by atoms with E-state index in [4.69, 9.17) is 0 Å². The third kappa shape index (κ3) is 3.71. The molecule has 3 rings (SSSR count). The van der Waals surface area contributed by atoms with Gasteiger partial charge in [0, 0.05) is 62.6 Å². The second-order valence-corrected chi connectivity index (χ2v) is 7.82. The topological polar surface area (TPSA) is 55.7 Å². The number of piperazine rings is 1. The third-order valence-corrected chi connectivity index (χ3v) is 5.89. The Hall–Kier alpha value is -1.24. The number of aromatic nitrogens is 2. The molecule has 6 nitrogen and oxygen atoms in total. The number of hydrogen-bond donors (Lipinski definition) is 1. The van der Waals surface area contributed by atoms with Crippen LogP contribution in [0.5, 0.6) is 0 Å². The smallest absolute Gasteiger partial charge is 0.225 e. The molecule has 1 atom stereocenters. The van der Waals surface area contributed by atoms with Gasteiger partial charge in [-0.3, -0.25) is 4.90 Å². The van der Waals surface area contributed by atoms with Crippen molar-refractivity contribution < 1.29 is 5.11 Å². The zero-order chi connectivity index (χ0) is 17.2. The van der Waals surface area contributed by atoms with E-state index in [0.29, 0.717) is 5.92 Å². The highest BCUT2D eigenvalue weighted by Gasteiger charge is 2.40. The molecular formula is C18H31N5O. The first kappa shape index (κ1) is 17.6. The van der Waals surface area contributed by atoms with Crippen LogP contribution in [0.4, 0.5) is 5.95 Å². The Morgan fingerprint density at radius 3 is 2.33 bits per heavy atom. The van der Waals surface area contributed by atoms with Crippen LogP contribution in [0.25, 0.3) is 0 Å². The van der Waals surface area contributed by atoms with Gasteiger partial charge in [0.25, 0.3) is 0 Å². The van der Waals surface area contributed by atoms with Crippen LogP contribution >= 0.6 is 0 Å². The summed E-state index contributed by atoms with van der Waals surface area (Å²) in [6, 6.07) is 0. The van der Waals surface area contributed by atoms with Crippen LogP contribution in [0.1, 0.15) is 25.8 Å². The molecule has 1 aromatic rings. The summed E-state index contributed by atoms with van der Waals surface area (Å²) in [5.41, 5.74) is 1.21. The number of hydrogen-bond acceptors (Lipinski definition) is 6. The van der Waals surface area contributed by atoms with Crippen LogP contribution in [0.2, 0.25) is 0 Å². The number of rotatable bonds is 5. The lowest BCUT2D eigenvalue weighted by atomic mass is 9.77. The molecule has 6 heteroatoms. The van der Waals surface area contributed by atoms with Crippen molar-refractivity contribution in [2.24, 2.45) is 11.3 Å². The molecule has 0 saturated carbocycles. The molecule has 0 aromatic carbocycles. The van der Waals surface area contributed by atoms with E-state index in [1.165, 1.54) is 0 Å². The minimum Gasteiger partial charge on any atom is -0.396 e. The number of nitrogens with zero attached hydrogens (tertiary/aromatic N) is 5. The monoisotopic (exact) mass is 333 g/mol. The Labute approximate surface area is 145 Å².